The Morgan fingerprint density at radius 2 is 1.62 bits per heavy atom. The lowest BCUT2D eigenvalue weighted by atomic mass is 10.1. The number of anilines is 2. The number of likely N-dealkylation sites (tertiary alicyclic amines) is 1. The molecule has 1 amide bonds. The highest BCUT2D eigenvalue weighted by atomic mass is 16.5. The maximum Gasteiger partial charge on any atom is 0.238 e. The molecule has 154 valence electrons. The van der Waals surface area contributed by atoms with Crippen molar-refractivity contribution in [2.45, 2.75) is 38.4 Å². The van der Waals surface area contributed by atoms with Gasteiger partial charge in [0.15, 0.2) is 0 Å². The van der Waals surface area contributed by atoms with Crippen molar-refractivity contribution in [3.8, 4) is 0 Å². The molecule has 4 rings (SSSR count). The molecule has 5 heteroatoms. The molecule has 0 aliphatic carbocycles. The highest BCUT2D eigenvalue weighted by Gasteiger charge is 2.21. The van der Waals surface area contributed by atoms with Gasteiger partial charge >= 0.3 is 0 Å². The number of carbonyl (C=O) groups excluding carboxylic acids is 1. The summed E-state index contributed by atoms with van der Waals surface area (Å²) in [6.07, 6.45) is 4.78. The third-order valence-corrected chi connectivity index (χ3v) is 5.85. The van der Waals surface area contributed by atoms with E-state index in [2.05, 4.69) is 39.4 Å². The van der Waals surface area contributed by atoms with Gasteiger partial charge in [0.25, 0.3) is 0 Å². The first-order valence-electron chi connectivity index (χ1n) is 10.8. The quantitative estimate of drug-likeness (QED) is 0.775. The van der Waals surface area contributed by atoms with Gasteiger partial charge in [-0.25, -0.2) is 0 Å². The maximum atomic E-state index is 12.4. The molecule has 0 unspecified atom stereocenters. The zero-order valence-corrected chi connectivity index (χ0v) is 17.1. The number of amides is 1. The summed E-state index contributed by atoms with van der Waals surface area (Å²) in [5, 5.41) is 3.03. The van der Waals surface area contributed by atoms with Gasteiger partial charge in [-0.3, -0.25) is 9.69 Å². The summed E-state index contributed by atoms with van der Waals surface area (Å²) in [6, 6.07) is 18.5. The Balaban J connectivity index is 1.17. The standard InChI is InChI=1S/C24H31N3O2/c28-24(25-21-8-10-22(11-9-21)27-14-4-5-15-27)18-26-16-12-23(13-17-26)29-19-20-6-2-1-3-7-20/h1-3,6-11,23H,4-5,12-19H2,(H,25,28). The van der Waals surface area contributed by atoms with Gasteiger partial charge in [-0.1, -0.05) is 30.3 Å². The minimum absolute atomic E-state index is 0.0579. The predicted octanol–water partition coefficient (Wildman–Crippen LogP) is 3.91. The summed E-state index contributed by atoms with van der Waals surface area (Å²) in [4.78, 5) is 17.0. The van der Waals surface area contributed by atoms with Crippen molar-refractivity contribution in [2.75, 3.05) is 42.9 Å². The van der Waals surface area contributed by atoms with E-state index in [4.69, 9.17) is 4.74 Å². The molecule has 2 aliphatic heterocycles. The third kappa shape index (κ3) is 5.81. The number of hydrogen-bond donors (Lipinski definition) is 1. The molecule has 1 N–H and O–H groups in total. The van der Waals surface area contributed by atoms with Crippen LogP contribution >= 0.6 is 0 Å². The molecule has 0 bridgehead atoms. The van der Waals surface area contributed by atoms with Crippen LogP contribution in [0.15, 0.2) is 54.6 Å². The largest absolute Gasteiger partial charge is 0.373 e. The molecule has 2 aromatic carbocycles. The van der Waals surface area contributed by atoms with Gasteiger partial charge in [-0.2, -0.15) is 0 Å². The molecule has 5 nitrogen and oxygen atoms in total. The molecule has 2 aliphatic rings. The molecule has 2 heterocycles. The first-order chi connectivity index (χ1) is 14.3. The second-order valence-corrected chi connectivity index (χ2v) is 8.06. The topological polar surface area (TPSA) is 44.8 Å². The van der Waals surface area contributed by atoms with Crippen molar-refractivity contribution in [3.63, 3.8) is 0 Å². The minimum Gasteiger partial charge on any atom is -0.373 e. The van der Waals surface area contributed by atoms with E-state index in [0.29, 0.717) is 13.2 Å². The van der Waals surface area contributed by atoms with Crippen LogP contribution in [0.4, 0.5) is 11.4 Å². The number of benzene rings is 2. The summed E-state index contributed by atoms with van der Waals surface area (Å²) >= 11 is 0. The van der Waals surface area contributed by atoms with E-state index >= 15 is 0 Å². The van der Waals surface area contributed by atoms with Gasteiger partial charge in [0, 0.05) is 37.6 Å². The van der Waals surface area contributed by atoms with E-state index < -0.39 is 0 Å². The average molecular weight is 394 g/mol. The molecular weight excluding hydrogens is 362 g/mol. The smallest absolute Gasteiger partial charge is 0.238 e. The molecule has 2 fully saturated rings. The Morgan fingerprint density at radius 1 is 0.931 bits per heavy atom. The van der Waals surface area contributed by atoms with Crippen molar-refractivity contribution in [1.29, 1.82) is 0 Å². The van der Waals surface area contributed by atoms with Gasteiger partial charge in [-0.05, 0) is 55.5 Å². The van der Waals surface area contributed by atoms with Crippen molar-refractivity contribution in [2.24, 2.45) is 0 Å². The van der Waals surface area contributed by atoms with E-state index in [9.17, 15) is 4.79 Å². The second-order valence-electron chi connectivity index (χ2n) is 8.06. The number of carbonyl (C=O) groups is 1. The SMILES string of the molecule is O=C(CN1CCC(OCc2ccccc2)CC1)Nc1ccc(N2CCCC2)cc1. The molecule has 0 radical (unpaired) electrons. The zero-order chi connectivity index (χ0) is 19.9. The summed E-state index contributed by atoms with van der Waals surface area (Å²) < 4.78 is 6.04. The van der Waals surface area contributed by atoms with Crippen LogP contribution in [-0.2, 0) is 16.1 Å². The van der Waals surface area contributed by atoms with Crippen LogP contribution < -0.4 is 10.2 Å². The van der Waals surface area contributed by atoms with Gasteiger partial charge in [0.05, 0.1) is 19.3 Å². The number of rotatable bonds is 7. The molecule has 29 heavy (non-hydrogen) atoms. The Kier molecular flexibility index (Phi) is 6.80. The van der Waals surface area contributed by atoms with Crippen molar-refractivity contribution >= 4 is 17.3 Å². The lowest BCUT2D eigenvalue weighted by Crippen LogP contribution is -2.41. The van der Waals surface area contributed by atoms with Crippen molar-refractivity contribution in [3.05, 3.63) is 60.2 Å². The molecular formula is C24H31N3O2. The Bertz CT molecular complexity index is 764. The minimum atomic E-state index is 0.0579. The van der Waals surface area contributed by atoms with Crippen LogP contribution in [0.1, 0.15) is 31.2 Å². The number of hydrogen-bond acceptors (Lipinski definition) is 4. The molecule has 0 aromatic heterocycles. The lowest BCUT2D eigenvalue weighted by Gasteiger charge is -2.31. The first-order valence-corrected chi connectivity index (χ1v) is 10.8. The van der Waals surface area contributed by atoms with E-state index in [-0.39, 0.29) is 12.0 Å². The van der Waals surface area contributed by atoms with E-state index in [1.54, 1.807) is 0 Å². The number of piperidine rings is 1. The summed E-state index contributed by atoms with van der Waals surface area (Å²) in [6.45, 7) is 5.19. The van der Waals surface area contributed by atoms with Crippen LogP contribution in [0.3, 0.4) is 0 Å². The third-order valence-electron chi connectivity index (χ3n) is 5.85. The zero-order valence-electron chi connectivity index (χ0n) is 17.1. The normalized spacial score (nSPS) is 18.1. The van der Waals surface area contributed by atoms with Crippen molar-refractivity contribution in [1.82, 2.24) is 4.90 Å². The lowest BCUT2D eigenvalue weighted by molar-refractivity contribution is -0.118. The average Bonchev–Trinajstić information content (AvgIpc) is 3.29. The molecule has 0 spiro atoms. The van der Waals surface area contributed by atoms with Gasteiger partial charge in [-0.15, -0.1) is 0 Å². The predicted molar refractivity (Wildman–Crippen MR) is 117 cm³/mol. The number of nitrogens with one attached hydrogen (secondary N) is 1. The maximum absolute atomic E-state index is 12.4. The summed E-state index contributed by atoms with van der Waals surface area (Å²) in [5.41, 5.74) is 3.34. The second kappa shape index (κ2) is 9.90. The van der Waals surface area contributed by atoms with Crippen LogP contribution in [0, 0.1) is 0 Å². The Morgan fingerprint density at radius 3 is 2.31 bits per heavy atom. The molecule has 2 aromatic rings. The van der Waals surface area contributed by atoms with Crippen LogP contribution in [-0.4, -0.2) is 49.6 Å². The monoisotopic (exact) mass is 393 g/mol. The van der Waals surface area contributed by atoms with Crippen LogP contribution in [0.5, 0.6) is 0 Å². The van der Waals surface area contributed by atoms with Gasteiger partial charge < -0.3 is 15.0 Å². The van der Waals surface area contributed by atoms with Crippen LogP contribution in [0.25, 0.3) is 0 Å². The van der Waals surface area contributed by atoms with Crippen molar-refractivity contribution < 1.29 is 9.53 Å². The Labute approximate surface area is 173 Å². The fourth-order valence-corrected chi connectivity index (χ4v) is 4.16. The van der Waals surface area contributed by atoms with E-state index in [0.717, 1.165) is 44.7 Å². The number of ether oxygens (including phenoxy) is 1. The molecule has 2 saturated heterocycles. The highest BCUT2D eigenvalue weighted by molar-refractivity contribution is 5.92. The van der Waals surface area contributed by atoms with Crippen LogP contribution in [0.2, 0.25) is 0 Å². The van der Waals surface area contributed by atoms with E-state index in [1.165, 1.54) is 24.1 Å². The fourth-order valence-electron chi connectivity index (χ4n) is 4.16. The Hall–Kier alpha value is -2.37. The van der Waals surface area contributed by atoms with Gasteiger partial charge in [0.2, 0.25) is 5.91 Å². The molecule has 0 saturated carbocycles. The highest BCUT2D eigenvalue weighted by Crippen LogP contribution is 2.22. The first kappa shape index (κ1) is 19.9. The number of nitrogens with zero attached hydrogens (tertiary/aromatic N) is 2. The summed E-state index contributed by atoms with van der Waals surface area (Å²) in [7, 11) is 0. The fraction of sp³-hybridized carbons (Fsp3) is 0.458. The van der Waals surface area contributed by atoms with E-state index in [1.807, 2.05) is 30.3 Å². The summed E-state index contributed by atoms with van der Waals surface area (Å²) in [5.74, 6) is 0.0579. The molecule has 0 atom stereocenters. The van der Waals surface area contributed by atoms with Gasteiger partial charge in [0.1, 0.15) is 0 Å².